The molecule has 2 unspecified atom stereocenters. The summed E-state index contributed by atoms with van der Waals surface area (Å²) in [7, 11) is 0. The number of β-amino-alcohol motifs (C(OH)–C–C–N with tert-alkyl or cyclic N) is 1. The van der Waals surface area contributed by atoms with Gasteiger partial charge in [-0.1, -0.05) is 58.4 Å². The Morgan fingerprint density at radius 2 is 1.81 bits per heavy atom. The molecule has 0 aliphatic carbocycles. The molecule has 136 valence electrons. The molecule has 4 nitrogen and oxygen atoms in total. The Hall–Kier alpha value is -2.08. The Bertz CT molecular complexity index is 759. The van der Waals surface area contributed by atoms with Crippen LogP contribution in [-0.2, 0) is 11.3 Å². The highest BCUT2D eigenvalue weighted by atomic mass is 79.9. The number of allylic oxidation sites excluding steroid dienone is 2. The molecule has 3 rings (SSSR count). The van der Waals surface area contributed by atoms with Gasteiger partial charge in [-0.3, -0.25) is 0 Å². The van der Waals surface area contributed by atoms with Crippen LogP contribution < -0.4 is 0 Å². The van der Waals surface area contributed by atoms with Gasteiger partial charge in [-0.25, -0.2) is 0 Å². The van der Waals surface area contributed by atoms with Crippen molar-refractivity contribution in [1.82, 2.24) is 4.90 Å². The van der Waals surface area contributed by atoms with E-state index in [0.29, 0.717) is 18.9 Å². The average molecular weight is 416 g/mol. The molecule has 26 heavy (non-hydrogen) atoms. The highest BCUT2D eigenvalue weighted by Gasteiger charge is 2.31. The van der Waals surface area contributed by atoms with Crippen LogP contribution in [0.4, 0.5) is 0 Å². The lowest BCUT2D eigenvalue weighted by Gasteiger charge is -2.37. The highest BCUT2D eigenvalue weighted by Crippen LogP contribution is 2.31. The van der Waals surface area contributed by atoms with Crippen LogP contribution in [0.3, 0.4) is 0 Å². The summed E-state index contributed by atoms with van der Waals surface area (Å²) in [5.41, 5.74) is 1.86. The fourth-order valence-electron chi connectivity index (χ4n) is 2.99. The summed E-state index contributed by atoms with van der Waals surface area (Å²) in [5.74, 6) is 0.681. The number of aliphatic hydroxyl groups is 2. The predicted octanol–water partition coefficient (Wildman–Crippen LogP) is 3.77. The molecule has 1 aliphatic rings. The monoisotopic (exact) mass is 415 g/mol. The number of aliphatic hydroxyl groups excluding tert-OH is 2. The first-order valence-electron chi connectivity index (χ1n) is 8.54. The topological polar surface area (TPSA) is 52.9 Å². The van der Waals surface area contributed by atoms with E-state index in [1.54, 1.807) is 0 Å². The molecule has 1 aliphatic heterocycles. The molecule has 2 N–H and O–H groups in total. The Balaban J connectivity index is 1.81. The summed E-state index contributed by atoms with van der Waals surface area (Å²) >= 11 is 3.42. The minimum atomic E-state index is -0.776. The van der Waals surface area contributed by atoms with Gasteiger partial charge in [0.15, 0.2) is 0 Å². The third-order valence-corrected chi connectivity index (χ3v) is 4.83. The van der Waals surface area contributed by atoms with Crippen LogP contribution in [0.15, 0.2) is 83.2 Å². The number of ether oxygens (including phenoxy) is 1. The average Bonchev–Trinajstić information content (AvgIpc) is 2.67. The first-order valence-corrected chi connectivity index (χ1v) is 9.33. The smallest absolute Gasteiger partial charge is 0.122 e. The van der Waals surface area contributed by atoms with Crippen LogP contribution in [0.25, 0.3) is 0 Å². The maximum absolute atomic E-state index is 11.0. The summed E-state index contributed by atoms with van der Waals surface area (Å²) in [4.78, 5) is 1.91. The van der Waals surface area contributed by atoms with Crippen LogP contribution in [0, 0.1) is 0 Å². The molecule has 2 atom stereocenters. The molecule has 0 saturated heterocycles. The third kappa shape index (κ3) is 4.55. The SMILES string of the molecule is OCCN1C=CC=C(OCc2ccccc2)C1C(O)c1ccc(Br)cc1. The van der Waals surface area contributed by atoms with E-state index in [0.717, 1.165) is 15.6 Å². The number of halogens is 1. The molecule has 0 spiro atoms. The lowest BCUT2D eigenvalue weighted by Crippen LogP contribution is -2.41. The van der Waals surface area contributed by atoms with E-state index in [-0.39, 0.29) is 6.61 Å². The first kappa shape index (κ1) is 18.7. The van der Waals surface area contributed by atoms with Crippen molar-refractivity contribution in [3.63, 3.8) is 0 Å². The minimum Gasteiger partial charge on any atom is -0.491 e. The summed E-state index contributed by atoms with van der Waals surface area (Å²) in [6.07, 6.45) is 4.85. The zero-order valence-corrected chi connectivity index (χ0v) is 15.9. The molecular formula is C21H22BrNO3. The molecule has 5 heteroatoms. The lowest BCUT2D eigenvalue weighted by atomic mass is 9.97. The van der Waals surface area contributed by atoms with Crippen molar-refractivity contribution in [3.8, 4) is 0 Å². The number of benzene rings is 2. The van der Waals surface area contributed by atoms with Gasteiger partial charge in [0.25, 0.3) is 0 Å². The largest absolute Gasteiger partial charge is 0.491 e. The molecule has 0 aromatic heterocycles. The Morgan fingerprint density at radius 3 is 2.50 bits per heavy atom. The summed E-state index contributed by atoms with van der Waals surface area (Å²) < 4.78 is 7.00. The second kappa shape index (κ2) is 9.03. The van der Waals surface area contributed by atoms with Gasteiger partial charge >= 0.3 is 0 Å². The van der Waals surface area contributed by atoms with Crippen LogP contribution >= 0.6 is 15.9 Å². The van der Waals surface area contributed by atoms with Crippen LogP contribution in [0.2, 0.25) is 0 Å². The van der Waals surface area contributed by atoms with Gasteiger partial charge in [0.1, 0.15) is 24.5 Å². The van der Waals surface area contributed by atoms with Gasteiger partial charge in [0.05, 0.1) is 6.61 Å². The van der Waals surface area contributed by atoms with Crippen LogP contribution in [0.1, 0.15) is 17.2 Å². The van der Waals surface area contributed by atoms with Crippen LogP contribution in [0.5, 0.6) is 0 Å². The van der Waals surface area contributed by atoms with Crippen molar-refractivity contribution in [2.24, 2.45) is 0 Å². The number of rotatable bonds is 7. The van der Waals surface area contributed by atoms with Crippen molar-refractivity contribution in [3.05, 3.63) is 94.3 Å². The minimum absolute atomic E-state index is 0.000136. The molecule has 2 aromatic rings. The van der Waals surface area contributed by atoms with E-state index < -0.39 is 12.1 Å². The van der Waals surface area contributed by atoms with E-state index in [1.165, 1.54) is 0 Å². The Morgan fingerprint density at radius 1 is 1.08 bits per heavy atom. The molecule has 0 radical (unpaired) electrons. The van der Waals surface area contributed by atoms with E-state index in [2.05, 4.69) is 15.9 Å². The summed E-state index contributed by atoms with van der Waals surface area (Å²) in [5, 5.41) is 20.4. The van der Waals surface area contributed by atoms with Gasteiger partial charge in [-0.15, -0.1) is 0 Å². The maximum Gasteiger partial charge on any atom is 0.122 e. The molecule has 0 saturated carbocycles. The summed E-state index contributed by atoms with van der Waals surface area (Å²) in [6, 6.07) is 17.1. The van der Waals surface area contributed by atoms with Crippen molar-refractivity contribution >= 4 is 15.9 Å². The molecule has 2 aromatic carbocycles. The van der Waals surface area contributed by atoms with E-state index in [1.807, 2.05) is 77.8 Å². The molecule has 0 amide bonds. The van der Waals surface area contributed by atoms with Gasteiger partial charge in [-0.2, -0.15) is 0 Å². The zero-order chi connectivity index (χ0) is 18.4. The molecule has 0 fully saturated rings. The van der Waals surface area contributed by atoms with Crippen molar-refractivity contribution in [2.45, 2.75) is 18.8 Å². The van der Waals surface area contributed by atoms with E-state index >= 15 is 0 Å². The predicted molar refractivity (Wildman–Crippen MR) is 105 cm³/mol. The number of hydrogen-bond donors (Lipinski definition) is 2. The fraction of sp³-hybridized carbons (Fsp3) is 0.238. The van der Waals surface area contributed by atoms with Crippen molar-refractivity contribution in [2.75, 3.05) is 13.2 Å². The fourth-order valence-corrected chi connectivity index (χ4v) is 3.25. The molecule has 0 bridgehead atoms. The Kier molecular flexibility index (Phi) is 6.50. The zero-order valence-electron chi connectivity index (χ0n) is 14.3. The lowest BCUT2D eigenvalue weighted by molar-refractivity contribution is 0.0374. The molecule has 1 heterocycles. The second-order valence-electron chi connectivity index (χ2n) is 6.09. The molecular weight excluding hydrogens is 394 g/mol. The maximum atomic E-state index is 11.0. The van der Waals surface area contributed by atoms with Gasteiger partial charge in [-0.05, 0) is 35.4 Å². The number of hydrogen-bond acceptors (Lipinski definition) is 4. The third-order valence-electron chi connectivity index (χ3n) is 4.30. The second-order valence-corrected chi connectivity index (χ2v) is 7.00. The first-order chi connectivity index (χ1) is 12.7. The van der Waals surface area contributed by atoms with Crippen molar-refractivity contribution < 1.29 is 14.9 Å². The van der Waals surface area contributed by atoms with Gasteiger partial charge in [0, 0.05) is 17.2 Å². The quantitative estimate of drug-likeness (QED) is 0.722. The highest BCUT2D eigenvalue weighted by molar-refractivity contribution is 9.10. The number of nitrogens with zero attached hydrogens (tertiary/aromatic N) is 1. The Labute approximate surface area is 162 Å². The van der Waals surface area contributed by atoms with Gasteiger partial charge in [0.2, 0.25) is 0 Å². The van der Waals surface area contributed by atoms with Crippen molar-refractivity contribution in [1.29, 1.82) is 0 Å². The standard InChI is InChI=1S/C21H22BrNO3/c22-18-10-8-17(9-11-18)21(25)20-19(7-4-12-23(20)13-14-24)26-15-16-5-2-1-3-6-16/h1-12,20-21,24-25H,13-15H2. The van der Waals surface area contributed by atoms with Crippen LogP contribution in [-0.4, -0.2) is 34.3 Å². The summed E-state index contributed by atoms with van der Waals surface area (Å²) in [6.45, 7) is 0.845. The van der Waals surface area contributed by atoms with Gasteiger partial charge < -0.3 is 19.8 Å². The van der Waals surface area contributed by atoms with E-state index in [9.17, 15) is 10.2 Å². The normalized spacial score (nSPS) is 17.7. The van der Waals surface area contributed by atoms with E-state index in [4.69, 9.17) is 4.74 Å².